The zero-order chi connectivity index (χ0) is 18.1. The highest BCUT2D eigenvalue weighted by atomic mass is 16.1. The number of nitrogens with one attached hydrogen (secondary N) is 1. The average Bonchev–Trinajstić information content (AvgIpc) is 2.56. The lowest BCUT2D eigenvalue weighted by Gasteiger charge is -2.09. The minimum Gasteiger partial charge on any atom is -0.321 e. The molecule has 0 radical (unpaired) electrons. The number of nitrogens with zero attached hydrogens (tertiary/aromatic N) is 3. The Hall–Kier alpha value is -3.26. The number of aromatic nitrogens is 1. The number of rotatable bonds is 2. The van der Waals surface area contributed by atoms with E-state index in [1.54, 1.807) is 6.92 Å². The Morgan fingerprint density at radius 3 is 2.16 bits per heavy atom. The summed E-state index contributed by atoms with van der Waals surface area (Å²) in [5.41, 5.74) is 5.54. The first-order valence-electron chi connectivity index (χ1n) is 7.98. The van der Waals surface area contributed by atoms with Crippen molar-refractivity contribution in [3.63, 3.8) is 0 Å². The molecule has 3 rings (SSSR count). The molecule has 5 heteroatoms. The average molecular weight is 330 g/mol. The summed E-state index contributed by atoms with van der Waals surface area (Å²) in [6, 6.07) is 11.7. The fourth-order valence-electron chi connectivity index (χ4n) is 2.99. The monoisotopic (exact) mass is 330 g/mol. The third-order valence-electron chi connectivity index (χ3n) is 4.41. The summed E-state index contributed by atoms with van der Waals surface area (Å²) in [5, 5.41) is 19.0. The highest BCUT2D eigenvalue weighted by Gasteiger charge is 2.14. The van der Waals surface area contributed by atoms with Crippen molar-refractivity contribution < 1.29 is 0 Å². The van der Waals surface area contributed by atoms with E-state index in [-0.39, 0.29) is 11.1 Å². The van der Waals surface area contributed by atoms with Gasteiger partial charge in [-0.25, -0.2) is 0 Å². The van der Waals surface area contributed by atoms with Crippen LogP contribution >= 0.6 is 0 Å². The molecule has 0 aliphatic rings. The van der Waals surface area contributed by atoms with Crippen molar-refractivity contribution in [1.82, 2.24) is 4.98 Å². The molecule has 0 amide bonds. The second kappa shape index (κ2) is 6.33. The number of nitriles is 1. The second-order valence-electron chi connectivity index (χ2n) is 6.16. The molecular formula is C20H18N4O. The number of azo groups is 1. The van der Waals surface area contributed by atoms with Crippen molar-refractivity contribution in [2.75, 3.05) is 0 Å². The lowest BCUT2D eigenvalue weighted by atomic mass is 10.0. The van der Waals surface area contributed by atoms with Crippen LogP contribution in [0.1, 0.15) is 27.8 Å². The first kappa shape index (κ1) is 16.6. The maximum atomic E-state index is 12.0. The third kappa shape index (κ3) is 2.83. The van der Waals surface area contributed by atoms with Crippen LogP contribution in [0.25, 0.3) is 10.9 Å². The van der Waals surface area contributed by atoms with Crippen molar-refractivity contribution >= 4 is 22.3 Å². The van der Waals surface area contributed by atoms with Crippen molar-refractivity contribution in [2.45, 2.75) is 27.7 Å². The van der Waals surface area contributed by atoms with Crippen LogP contribution in [-0.2, 0) is 0 Å². The van der Waals surface area contributed by atoms with Crippen LogP contribution < -0.4 is 5.56 Å². The van der Waals surface area contributed by atoms with E-state index in [0.29, 0.717) is 16.8 Å². The van der Waals surface area contributed by atoms with E-state index in [4.69, 9.17) is 0 Å². The van der Waals surface area contributed by atoms with Crippen LogP contribution in [0, 0.1) is 39.0 Å². The van der Waals surface area contributed by atoms with Gasteiger partial charge in [-0.2, -0.15) is 5.26 Å². The summed E-state index contributed by atoms with van der Waals surface area (Å²) in [5.74, 6) is 0. The van der Waals surface area contributed by atoms with E-state index < -0.39 is 0 Å². The van der Waals surface area contributed by atoms with Gasteiger partial charge in [0.2, 0.25) is 0 Å². The van der Waals surface area contributed by atoms with Gasteiger partial charge in [0, 0.05) is 5.39 Å². The molecule has 0 saturated heterocycles. The van der Waals surface area contributed by atoms with Crippen LogP contribution in [0.2, 0.25) is 0 Å². The maximum Gasteiger partial charge on any atom is 0.266 e. The molecule has 124 valence electrons. The summed E-state index contributed by atoms with van der Waals surface area (Å²) in [4.78, 5) is 14.8. The SMILES string of the molecule is Cc1cccc(C)c1N=Nc1c(C)ccc2[nH]c(=O)c(C#N)c(C)c12. The molecule has 3 aromatic rings. The molecule has 1 N–H and O–H groups in total. The van der Waals surface area contributed by atoms with Gasteiger partial charge in [0.05, 0.1) is 16.9 Å². The quantitative estimate of drug-likeness (QED) is 0.667. The summed E-state index contributed by atoms with van der Waals surface area (Å²) < 4.78 is 0. The highest BCUT2D eigenvalue weighted by Crippen LogP contribution is 2.34. The topological polar surface area (TPSA) is 81.4 Å². The fourth-order valence-corrected chi connectivity index (χ4v) is 2.99. The molecule has 5 nitrogen and oxygen atoms in total. The van der Waals surface area contributed by atoms with E-state index in [1.807, 2.05) is 57.2 Å². The van der Waals surface area contributed by atoms with Gasteiger partial charge in [0.1, 0.15) is 11.6 Å². The highest BCUT2D eigenvalue weighted by molar-refractivity contribution is 5.95. The predicted molar refractivity (Wildman–Crippen MR) is 98.8 cm³/mol. The predicted octanol–water partition coefficient (Wildman–Crippen LogP) is 5.05. The number of aryl methyl sites for hydroxylation is 4. The number of hydrogen-bond acceptors (Lipinski definition) is 4. The molecule has 0 saturated carbocycles. The number of pyridine rings is 1. The lowest BCUT2D eigenvalue weighted by molar-refractivity contribution is 1.17. The van der Waals surface area contributed by atoms with Gasteiger partial charge in [0.25, 0.3) is 5.56 Å². The molecule has 25 heavy (non-hydrogen) atoms. The first-order valence-corrected chi connectivity index (χ1v) is 7.98. The van der Waals surface area contributed by atoms with Crippen LogP contribution in [-0.4, -0.2) is 4.98 Å². The largest absolute Gasteiger partial charge is 0.321 e. The Kier molecular flexibility index (Phi) is 4.20. The molecule has 0 atom stereocenters. The van der Waals surface area contributed by atoms with E-state index in [2.05, 4.69) is 15.2 Å². The first-order chi connectivity index (χ1) is 11.9. The van der Waals surface area contributed by atoms with Crippen molar-refractivity contribution in [3.8, 4) is 6.07 Å². The van der Waals surface area contributed by atoms with Gasteiger partial charge in [0.15, 0.2) is 0 Å². The Morgan fingerprint density at radius 2 is 1.52 bits per heavy atom. The molecule has 0 unspecified atom stereocenters. The lowest BCUT2D eigenvalue weighted by Crippen LogP contribution is -2.12. The Morgan fingerprint density at radius 1 is 0.920 bits per heavy atom. The van der Waals surface area contributed by atoms with E-state index in [1.165, 1.54) is 0 Å². The summed E-state index contributed by atoms with van der Waals surface area (Å²) in [6.07, 6.45) is 0. The molecule has 1 heterocycles. The number of aromatic amines is 1. The van der Waals surface area contributed by atoms with Gasteiger partial charge in [-0.1, -0.05) is 24.3 Å². The molecule has 1 aromatic heterocycles. The van der Waals surface area contributed by atoms with Crippen molar-refractivity contribution in [2.24, 2.45) is 10.2 Å². The number of hydrogen-bond donors (Lipinski definition) is 1. The molecular weight excluding hydrogens is 312 g/mol. The van der Waals surface area contributed by atoms with Gasteiger partial charge in [-0.3, -0.25) is 4.79 Å². The van der Waals surface area contributed by atoms with E-state index in [9.17, 15) is 10.1 Å². The second-order valence-corrected chi connectivity index (χ2v) is 6.16. The molecule has 0 aliphatic heterocycles. The minimum atomic E-state index is -0.381. The Balaban J connectivity index is 2.30. The minimum absolute atomic E-state index is 0.113. The number of fused-ring (bicyclic) bond motifs is 1. The summed E-state index contributed by atoms with van der Waals surface area (Å²) in [6.45, 7) is 7.70. The molecule has 2 aromatic carbocycles. The smallest absolute Gasteiger partial charge is 0.266 e. The summed E-state index contributed by atoms with van der Waals surface area (Å²) >= 11 is 0. The molecule has 0 aliphatic carbocycles. The number of benzene rings is 2. The molecule has 0 spiro atoms. The van der Waals surface area contributed by atoms with Crippen molar-refractivity contribution in [3.05, 3.63) is 68.5 Å². The Labute approximate surface area is 145 Å². The third-order valence-corrected chi connectivity index (χ3v) is 4.41. The fraction of sp³-hybridized carbons (Fsp3) is 0.200. The van der Waals surface area contributed by atoms with Gasteiger partial charge in [-0.15, -0.1) is 10.2 Å². The molecule has 0 bridgehead atoms. The van der Waals surface area contributed by atoms with Crippen LogP contribution in [0.5, 0.6) is 0 Å². The normalized spacial score (nSPS) is 11.2. The van der Waals surface area contributed by atoms with Crippen LogP contribution in [0.3, 0.4) is 0 Å². The van der Waals surface area contributed by atoms with E-state index in [0.717, 1.165) is 27.8 Å². The zero-order valence-electron chi connectivity index (χ0n) is 14.6. The van der Waals surface area contributed by atoms with Crippen LogP contribution in [0.15, 0.2) is 45.4 Å². The zero-order valence-corrected chi connectivity index (χ0v) is 14.6. The summed E-state index contributed by atoms with van der Waals surface area (Å²) in [7, 11) is 0. The standard InChI is InChI=1S/C20H18N4O/c1-11-6-5-7-12(2)18(11)23-24-19-13(3)8-9-16-17(19)14(4)15(10-21)20(25)22-16/h5-9H,1-4H3,(H,22,25). The molecule has 0 fully saturated rings. The Bertz CT molecular complexity index is 1100. The van der Waals surface area contributed by atoms with Gasteiger partial charge >= 0.3 is 0 Å². The van der Waals surface area contributed by atoms with Crippen LogP contribution in [0.4, 0.5) is 11.4 Å². The maximum absolute atomic E-state index is 12.0. The number of H-pyrrole nitrogens is 1. The van der Waals surface area contributed by atoms with Crippen molar-refractivity contribution in [1.29, 1.82) is 5.26 Å². The van der Waals surface area contributed by atoms with E-state index >= 15 is 0 Å². The van der Waals surface area contributed by atoms with Gasteiger partial charge < -0.3 is 4.98 Å². The van der Waals surface area contributed by atoms with Gasteiger partial charge in [-0.05, 0) is 56.0 Å².